The molecule has 0 radical (unpaired) electrons. The monoisotopic (exact) mass is 291 g/mol. The molecule has 3 N–H and O–H groups in total. The SMILES string of the molecule is CC(C)CN(CC(N)=O)C(=O)c1cccc2c1OCCN2. The Morgan fingerprint density at radius 1 is 1.43 bits per heavy atom. The van der Waals surface area contributed by atoms with E-state index in [4.69, 9.17) is 10.5 Å². The molecule has 1 heterocycles. The molecule has 0 fully saturated rings. The number of anilines is 1. The summed E-state index contributed by atoms with van der Waals surface area (Å²) in [5.41, 5.74) is 6.51. The van der Waals surface area contributed by atoms with E-state index in [-0.39, 0.29) is 18.4 Å². The number of carbonyl (C=O) groups is 2. The average Bonchev–Trinajstić information content (AvgIpc) is 2.44. The molecule has 21 heavy (non-hydrogen) atoms. The van der Waals surface area contributed by atoms with E-state index in [2.05, 4.69) is 5.32 Å². The molecule has 2 rings (SSSR count). The van der Waals surface area contributed by atoms with Gasteiger partial charge in [0.15, 0.2) is 5.75 Å². The van der Waals surface area contributed by atoms with Gasteiger partial charge in [-0.1, -0.05) is 19.9 Å². The van der Waals surface area contributed by atoms with Crippen LogP contribution in [-0.2, 0) is 4.79 Å². The predicted molar refractivity (Wildman–Crippen MR) is 80.4 cm³/mol. The molecule has 0 unspecified atom stereocenters. The number of nitrogens with two attached hydrogens (primary N) is 1. The lowest BCUT2D eigenvalue weighted by Gasteiger charge is -2.26. The van der Waals surface area contributed by atoms with Gasteiger partial charge in [0.1, 0.15) is 6.61 Å². The standard InChI is InChI=1S/C15H21N3O3/c1-10(2)8-18(9-13(16)19)15(20)11-4-3-5-12-14(11)21-7-6-17-12/h3-5,10,17H,6-9H2,1-2H3,(H2,16,19). The number of fused-ring (bicyclic) bond motifs is 1. The lowest BCUT2D eigenvalue weighted by molar-refractivity contribution is -0.118. The van der Waals surface area contributed by atoms with Crippen molar-refractivity contribution in [2.24, 2.45) is 11.7 Å². The number of nitrogens with one attached hydrogen (secondary N) is 1. The largest absolute Gasteiger partial charge is 0.489 e. The molecule has 0 saturated carbocycles. The van der Waals surface area contributed by atoms with Gasteiger partial charge in [-0.05, 0) is 18.1 Å². The maximum atomic E-state index is 12.7. The molecule has 6 heteroatoms. The van der Waals surface area contributed by atoms with Gasteiger partial charge in [-0.2, -0.15) is 0 Å². The number of hydrogen-bond acceptors (Lipinski definition) is 4. The minimum absolute atomic E-state index is 0.0892. The highest BCUT2D eigenvalue weighted by Crippen LogP contribution is 2.32. The fraction of sp³-hybridized carbons (Fsp3) is 0.467. The molecule has 1 aromatic carbocycles. The van der Waals surface area contributed by atoms with Gasteiger partial charge in [0, 0.05) is 13.1 Å². The van der Waals surface area contributed by atoms with Crippen LogP contribution >= 0.6 is 0 Å². The molecule has 0 atom stereocenters. The van der Waals surface area contributed by atoms with Gasteiger partial charge < -0.3 is 20.7 Å². The van der Waals surface area contributed by atoms with Crippen LogP contribution in [0.1, 0.15) is 24.2 Å². The summed E-state index contributed by atoms with van der Waals surface area (Å²) in [6.07, 6.45) is 0. The van der Waals surface area contributed by atoms with Gasteiger partial charge in [-0.15, -0.1) is 0 Å². The van der Waals surface area contributed by atoms with Crippen LogP contribution in [-0.4, -0.2) is 43.0 Å². The van der Waals surface area contributed by atoms with E-state index in [1.54, 1.807) is 12.1 Å². The minimum Gasteiger partial charge on any atom is -0.489 e. The van der Waals surface area contributed by atoms with Crippen LogP contribution in [0.3, 0.4) is 0 Å². The second kappa shape index (κ2) is 6.47. The van der Waals surface area contributed by atoms with Crippen LogP contribution in [0.25, 0.3) is 0 Å². The molecule has 1 aliphatic heterocycles. The summed E-state index contributed by atoms with van der Waals surface area (Å²) >= 11 is 0. The zero-order valence-electron chi connectivity index (χ0n) is 12.4. The second-order valence-electron chi connectivity index (χ2n) is 5.50. The topological polar surface area (TPSA) is 84.7 Å². The Bertz CT molecular complexity index is 543. The molecule has 0 bridgehead atoms. The molecule has 0 spiro atoms. The smallest absolute Gasteiger partial charge is 0.258 e. The van der Waals surface area contributed by atoms with Crippen molar-refractivity contribution in [2.75, 3.05) is 31.6 Å². The number of nitrogens with zero attached hydrogens (tertiary/aromatic N) is 1. The van der Waals surface area contributed by atoms with Crippen molar-refractivity contribution in [1.29, 1.82) is 0 Å². The highest BCUT2D eigenvalue weighted by molar-refractivity contribution is 6.00. The molecule has 1 aliphatic rings. The molecule has 0 aromatic heterocycles. The van der Waals surface area contributed by atoms with E-state index in [9.17, 15) is 9.59 Å². The Kier molecular flexibility index (Phi) is 4.67. The van der Waals surface area contributed by atoms with Crippen molar-refractivity contribution in [1.82, 2.24) is 4.90 Å². The van der Waals surface area contributed by atoms with Crippen molar-refractivity contribution in [2.45, 2.75) is 13.8 Å². The molecular weight excluding hydrogens is 270 g/mol. The number of primary amides is 1. The first-order valence-corrected chi connectivity index (χ1v) is 7.06. The summed E-state index contributed by atoms with van der Waals surface area (Å²) < 4.78 is 5.61. The first-order valence-electron chi connectivity index (χ1n) is 7.06. The number of benzene rings is 1. The van der Waals surface area contributed by atoms with Crippen molar-refractivity contribution in [3.05, 3.63) is 23.8 Å². The summed E-state index contributed by atoms with van der Waals surface area (Å²) in [5, 5.41) is 3.19. The highest BCUT2D eigenvalue weighted by Gasteiger charge is 2.24. The highest BCUT2D eigenvalue weighted by atomic mass is 16.5. The van der Waals surface area contributed by atoms with Gasteiger partial charge in [-0.3, -0.25) is 9.59 Å². The van der Waals surface area contributed by atoms with Gasteiger partial charge in [0.25, 0.3) is 5.91 Å². The second-order valence-corrected chi connectivity index (χ2v) is 5.50. The van der Waals surface area contributed by atoms with Crippen LogP contribution in [0.2, 0.25) is 0 Å². The van der Waals surface area contributed by atoms with E-state index in [1.165, 1.54) is 4.90 Å². The molecule has 114 valence electrons. The fourth-order valence-corrected chi connectivity index (χ4v) is 2.36. The first-order chi connectivity index (χ1) is 9.99. The quantitative estimate of drug-likeness (QED) is 0.850. The Hall–Kier alpha value is -2.24. The van der Waals surface area contributed by atoms with Crippen LogP contribution in [0.5, 0.6) is 5.75 Å². The normalized spacial score (nSPS) is 13.1. The fourth-order valence-electron chi connectivity index (χ4n) is 2.36. The number of ether oxygens (including phenoxy) is 1. The molecule has 2 amide bonds. The Labute approximate surface area is 124 Å². The summed E-state index contributed by atoms with van der Waals surface area (Å²) in [6.45, 7) is 5.57. The minimum atomic E-state index is -0.521. The van der Waals surface area contributed by atoms with Crippen LogP contribution in [0.15, 0.2) is 18.2 Å². The van der Waals surface area contributed by atoms with E-state index < -0.39 is 5.91 Å². The Morgan fingerprint density at radius 3 is 2.86 bits per heavy atom. The van der Waals surface area contributed by atoms with Crippen molar-refractivity contribution >= 4 is 17.5 Å². The number of carbonyl (C=O) groups excluding carboxylic acids is 2. The van der Waals surface area contributed by atoms with Crippen LogP contribution in [0, 0.1) is 5.92 Å². The number of para-hydroxylation sites is 1. The first kappa shape index (κ1) is 15.2. The third-order valence-corrected chi connectivity index (χ3v) is 3.13. The lowest BCUT2D eigenvalue weighted by atomic mass is 10.1. The average molecular weight is 291 g/mol. The van der Waals surface area contributed by atoms with E-state index in [0.29, 0.717) is 31.0 Å². The number of hydrogen-bond donors (Lipinski definition) is 2. The van der Waals surface area contributed by atoms with Gasteiger partial charge in [0.05, 0.1) is 17.8 Å². The molecule has 6 nitrogen and oxygen atoms in total. The predicted octanol–water partition coefficient (Wildman–Crippen LogP) is 1.07. The Morgan fingerprint density at radius 2 is 2.19 bits per heavy atom. The van der Waals surface area contributed by atoms with Gasteiger partial charge in [0.2, 0.25) is 5.91 Å². The zero-order chi connectivity index (χ0) is 15.4. The maximum Gasteiger partial charge on any atom is 0.258 e. The molecular formula is C15H21N3O3. The van der Waals surface area contributed by atoms with Crippen molar-refractivity contribution in [3.63, 3.8) is 0 Å². The van der Waals surface area contributed by atoms with E-state index in [0.717, 1.165) is 5.69 Å². The summed E-state index contributed by atoms with van der Waals surface area (Å²) in [7, 11) is 0. The molecule has 0 saturated heterocycles. The molecule has 1 aromatic rings. The summed E-state index contributed by atoms with van der Waals surface area (Å²) in [6, 6.07) is 5.38. The number of amides is 2. The molecule has 0 aliphatic carbocycles. The van der Waals surface area contributed by atoms with E-state index >= 15 is 0 Å². The summed E-state index contributed by atoms with van der Waals surface area (Å²) in [4.78, 5) is 25.4. The van der Waals surface area contributed by atoms with E-state index in [1.807, 2.05) is 19.9 Å². The maximum absolute atomic E-state index is 12.7. The van der Waals surface area contributed by atoms with Gasteiger partial charge in [-0.25, -0.2) is 0 Å². The van der Waals surface area contributed by atoms with Gasteiger partial charge >= 0.3 is 0 Å². The van der Waals surface area contributed by atoms with Crippen molar-refractivity contribution < 1.29 is 14.3 Å². The van der Waals surface area contributed by atoms with Crippen molar-refractivity contribution in [3.8, 4) is 5.75 Å². The Balaban J connectivity index is 2.29. The number of rotatable bonds is 5. The van der Waals surface area contributed by atoms with Crippen LogP contribution in [0.4, 0.5) is 5.69 Å². The van der Waals surface area contributed by atoms with Crippen LogP contribution < -0.4 is 15.8 Å². The zero-order valence-corrected chi connectivity index (χ0v) is 12.4. The lowest BCUT2D eigenvalue weighted by Crippen LogP contribution is -2.41. The third-order valence-electron chi connectivity index (χ3n) is 3.13. The summed E-state index contributed by atoms with van der Waals surface area (Å²) in [5.74, 6) is 0.0368. The third kappa shape index (κ3) is 3.65.